The standard InChI is InChI=1S/C16H10BrClO/c17-13-8-12-11-6-3-7-14(18)16(11)19-15(12)10-5-2-1-4-9(10)13/h1-6,8,14H,7H2. The number of benzene rings is 2. The van der Waals surface area contributed by atoms with Gasteiger partial charge in [0.1, 0.15) is 11.3 Å². The van der Waals surface area contributed by atoms with Crippen molar-refractivity contribution in [3.8, 4) is 0 Å². The van der Waals surface area contributed by atoms with Gasteiger partial charge in [-0.3, -0.25) is 0 Å². The maximum absolute atomic E-state index is 6.35. The molecule has 0 saturated carbocycles. The van der Waals surface area contributed by atoms with Gasteiger partial charge in [0.2, 0.25) is 0 Å². The quantitative estimate of drug-likeness (QED) is 0.457. The van der Waals surface area contributed by atoms with Gasteiger partial charge in [-0.2, -0.15) is 0 Å². The second-order valence-electron chi connectivity index (χ2n) is 4.77. The minimum atomic E-state index is -0.0649. The number of furan rings is 1. The molecule has 3 aromatic rings. The summed E-state index contributed by atoms with van der Waals surface area (Å²) in [6.45, 7) is 0. The van der Waals surface area contributed by atoms with Gasteiger partial charge in [0.25, 0.3) is 0 Å². The molecule has 1 aliphatic carbocycles. The van der Waals surface area contributed by atoms with Gasteiger partial charge in [0.05, 0.1) is 5.38 Å². The maximum atomic E-state index is 6.35. The van der Waals surface area contributed by atoms with Crippen LogP contribution in [0.25, 0.3) is 27.8 Å². The molecule has 0 amide bonds. The Morgan fingerprint density at radius 3 is 2.79 bits per heavy atom. The molecule has 2 aromatic carbocycles. The predicted molar refractivity (Wildman–Crippen MR) is 83.7 cm³/mol. The first-order chi connectivity index (χ1) is 9.25. The van der Waals surface area contributed by atoms with Crippen LogP contribution in [0.3, 0.4) is 0 Å². The van der Waals surface area contributed by atoms with Crippen molar-refractivity contribution >= 4 is 55.3 Å². The van der Waals surface area contributed by atoms with Crippen molar-refractivity contribution in [2.24, 2.45) is 0 Å². The number of hydrogen-bond donors (Lipinski definition) is 0. The molecule has 4 rings (SSSR count). The summed E-state index contributed by atoms with van der Waals surface area (Å²) in [4.78, 5) is 0. The van der Waals surface area contributed by atoms with Crippen LogP contribution in [0.15, 0.2) is 45.3 Å². The Bertz CT molecular complexity index is 831. The molecule has 3 heteroatoms. The molecule has 94 valence electrons. The summed E-state index contributed by atoms with van der Waals surface area (Å²) < 4.78 is 7.15. The lowest BCUT2D eigenvalue weighted by atomic mass is 10.0. The van der Waals surface area contributed by atoms with E-state index in [-0.39, 0.29) is 5.38 Å². The van der Waals surface area contributed by atoms with Crippen molar-refractivity contribution in [2.45, 2.75) is 11.8 Å². The van der Waals surface area contributed by atoms with Crippen LogP contribution >= 0.6 is 27.5 Å². The fourth-order valence-corrected chi connectivity index (χ4v) is 3.57. The highest BCUT2D eigenvalue weighted by Gasteiger charge is 2.23. The fraction of sp³-hybridized carbons (Fsp3) is 0.125. The van der Waals surface area contributed by atoms with E-state index < -0.39 is 0 Å². The second-order valence-corrected chi connectivity index (χ2v) is 6.15. The van der Waals surface area contributed by atoms with Gasteiger partial charge in [0.15, 0.2) is 0 Å². The van der Waals surface area contributed by atoms with E-state index >= 15 is 0 Å². The molecule has 1 aromatic heterocycles. The highest BCUT2D eigenvalue weighted by atomic mass is 79.9. The minimum absolute atomic E-state index is 0.0649. The molecule has 0 aliphatic heterocycles. The second kappa shape index (κ2) is 4.12. The highest BCUT2D eigenvalue weighted by molar-refractivity contribution is 9.10. The number of fused-ring (bicyclic) bond motifs is 5. The molecule has 1 heterocycles. The van der Waals surface area contributed by atoms with Crippen molar-refractivity contribution in [2.75, 3.05) is 0 Å². The van der Waals surface area contributed by atoms with Gasteiger partial charge < -0.3 is 4.42 Å². The Morgan fingerprint density at radius 2 is 1.95 bits per heavy atom. The van der Waals surface area contributed by atoms with E-state index in [0.717, 1.165) is 44.0 Å². The first kappa shape index (κ1) is 11.6. The van der Waals surface area contributed by atoms with Crippen molar-refractivity contribution in [1.29, 1.82) is 0 Å². The molecule has 0 fully saturated rings. The van der Waals surface area contributed by atoms with Crippen molar-refractivity contribution in [1.82, 2.24) is 0 Å². The van der Waals surface area contributed by atoms with Crippen LogP contribution in [0.4, 0.5) is 0 Å². The van der Waals surface area contributed by atoms with E-state index in [2.05, 4.69) is 46.3 Å². The average molecular weight is 334 g/mol. The van der Waals surface area contributed by atoms with Gasteiger partial charge in [-0.25, -0.2) is 0 Å². The smallest absolute Gasteiger partial charge is 0.142 e. The molecule has 1 aliphatic rings. The van der Waals surface area contributed by atoms with Crippen LogP contribution in [0.1, 0.15) is 23.1 Å². The Hall–Kier alpha value is -1.25. The summed E-state index contributed by atoms with van der Waals surface area (Å²) in [5, 5.41) is 3.35. The number of hydrogen-bond acceptors (Lipinski definition) is 1. The summed E-state index contributed by atoms with van der Waals surface area (Å²) in [5.74, 6) is 0.891. The summed E-state index contributed by atoms with van der Waals surface area (Å²) in [7, 11) is 0. The Kier molecular flexibility index (Phi) is 2.51. The summed E-state index contributed by atoms with van der Waals surface area (Å²) in [6, 6.07) is 10.4. The summed E-state index contributed by atoms with van der Waals surface area (Å²) in [6.07, 6.45) is 5.05. The molecule has 1 atom stereocenters. The summed E-state index contributed by atoms with van der Waals surface area (Å²) in [5.41, 5.74) is 2.05. The van der Waals surface area contributed by atoms with Crippen molar-refractivity contribution in [3.05, 3.63) is 52.2 Å². The third-order valence-electron chi connectivity index (χ3n) is 3.62. The topological polar surface area (TPSA) is 13.1 Å². The highest BCUT2D eigenvalue weighted by Crippen LogP contribution is 2.43. The zero-order chi connectivity index (χ0) is 13.0. The minimum Gasteiger partial charge on any atom is -0.458 e. The third kappa shape index (κ3) is 1.60. The molecule has 0 radical (unpaired) electrons. The van der Waals surface area contributed by atoms with Crippen LogP contribution in [-0.2, 0) is 0 Å². The summed E-state index contributed by atoms with van der Waals surface area (Å²) >= 11 is 10.00. The molecule has 0 N–H and O–H groups in total. The average Bonchev–Trinajstić information content (AvgIpc) is 2.80. The Balaban J connectivity index is 2.22. The largest absolute Gasteiger partial charge is 0.458 e. The lowest BCUT2D eigenvalue weighted by molar-refractivity contribution is 0.541. The van der Waals surface area contributed by atoms with Crippen molar-refractivity contribution < 1.29 is 4.42 Å². The zero-order valence-corrected chi connectivity index (χ0v) is 12.3. The number of alkyl halides is 1. The monoisotopic (exact) mass is 332 g/mol. The number of halogens is 2. The van der Waals surface area contributed by atoms with E-state index in [0.29, 0.717) is 0 Å². The third-order valence-corrected chi connectivity index (χ3v) is 4.66. The molecule has 19 heavy (non-hydrogen) atoms. The van der Waals surface area contributed by atoms with E-state index in [1.807, 2.05) is 12.1 Å². The van der Waals surface area contributed by atoms with E-state index in [1.54, 1.807) is 0 Å². The molecule has 0 saturated heterocycles. The van der Waals surface area contributed by atoms with Gasteiger partial charge in [-0.1, -0.05) is 52.3 Å². The van der Waals surface area contributed by atoms with Gasteiger partial charge >= 0.3 is 0 Å². The molecular weight excluding hydrogens is 324 g/mol. The first-order valence-corrected chi connectivity index (χ1v) is 7.43. The predicted octanol–water partition coefficient (Wildman–Crippen LogP) is 6.05. The SMILES string of the molecule is ClC1CC=Cc2c1oc1c2cc(Br)c2ccccc21. The molecule has 0 bridgehead atoms. The van der Waals surface area contributed by atoms with Crippen LogP contribution in [-0.4, -0.2) is 0 Å². The molecule has 1 nitrogen and oxygen atoms in total. The van der Waals surface area contributed by atoms with Crippen LogP contribution in [0.5, 0.6) is 0 Å². The van der Waals surface area contributed by atoms with Crippen LogP contribution in [0, 0.1) is 0 Å². The van der Waals surface area contributed by atoms with Crippen molar-refractivity contribution in [3.63, 3.8) is 0 Å². The van der Waals surface area contributed by atoms with Gasteiger partial charge in [-0.05, 0) is 17.9 Å². The number of rotatable bonds is 0. The zero-order valence-electron chi connectivity index (χ0n) is 9.99. The first-order valence-electron chi connectivity index (χ1n) is 6.20. The molecule has 0 spiro atoms. The van der Waals surface area contributed by atoms with Gasteiger partial charge in [-0.15, -0.1) is 11.6 Å². The lowest BCUT2D eigenvalue weighted by Gasteiger charge is -2.08. The van der Waals surface area contributed by atoms with E-state index in [1.165, 1.54) is 0 Å². The van der Waals surface area contributed by atoms with Crippen LogP contribution in [0.2, 0.25) is 0 Å². The molecular formula is C16H10BrClO. The normalized spacial score (nSPS) is 18.1. The lowest BCUT2D eigenvalue weighted by Crippen LogP contribution is -1.93. The van der Waals surface area contributed by atoms with E-state index in [9.17, 15) is 0 Å². The Labute approximate surface area is 124 Å². The van der Waals surface area contributed by atoms with E-state index in [4.69, 9.17) is 16.0 Å². The Morgan fingerprint density at radius 1 is 1.16 bits per heavy atom. The van der Waals surface area contributed by atoms with Crippen LogP contribution < -0.4 is 0 Å². The maximum Gasteiger partial charge on any atom is 0.142 e. The fourth-order valence-electron chi connectivity index (χ4n) is 2.73. The number of allylic oxidation sites excluding steroid dienone is 1. The van der Waals surface area contributed by atoms with Gasteiger partial charge in [0, 0.05) is 20.8 Å². The molecule has 1 unspecified atom stereocenters.